The molecule has 0 amide bonds. The second-order valence-electron chi connectivity index (χ2n) is 7.94. The van der Waals surface area contributed by atoms with E-state index in [-0.39, 0.29) is 37.7 Å². The quantitative estimate of drug-likeness (QED) is 0.614. The number of halogens is 3. The van der Waals surface area contributed by atoms with Crippen LogP contribution in [-0.2, 0) is 16.1 Å². The van der Waals surface area contributed by atoms with Gasteiger partial charge in [-0.3, -0.25) is 4.90 Å². The van der Waals surface area contributed by atoms with E-state index in [9.17, 15) is 18.3 Å². The molecular formula is C23H27F3N2O3. The molecular weight excluding hydrogens is 409 g/mol. The van der Waals surface area contributed by atoms with E-state index in [4.69, 9.17) is 9.57 Å². The van der Waals surface area contributed by atoms with Crippen LogP contribution in [0.15, 0.2) is 47.6 Å². The third kappa shape index (κ3) is 7.05. The number of hydrogen-bond acceptors (Lipinski definition) is 5. The molecule has 8 heteroatoms. The lowest BCUT2D eigenvalue weighted by Gasteiger charge is -2.27. The number of benzene rings is 2. The third-order valence-corrected chi connectivity index (χ3v) is 4.87. The minimum atomic E-state index is -0.787. The molecule has 1 heterocycles. The van der Waals surface area contributed by atoms with Crippen LogP contribution in [0.25, 0.3) is 0 Å². The highest BCUT2D eigenvalue weighted by atomic mass is 19.1. The van der Waals surface area contributed by atoms with Crippen molar-refractivity contribution in [3.05, 3.63) is 71.0 Å². The molecule has 2 atom stereocenters. The van der Waals surface area contributed by atoms with Gasteiger partial charge >= 0.3 is 0 Å². The second kappa shape index (κ2) is 10.7. The normalized spacial score (nSPS) is 17.2. The lowest BCUT2D eigenvalue weighted by molar-refractivity contribution is -0.0196. The fourth-order valence-corrected chi connectivity index (χ4v) is 3.38. The van der Waals surface area contributed by atoms with Crippen LogP contribution in [0.4, 0.5) is 13.2 Å². The lowest BCUT2D eigenvalue weighted by atomic mass is 10.0. The van der Waals surface area contributed by atoms with Crippen LogP contribution >= 0.6 is 0 Å². The summed E-state index contributed by atoms with van der Waals surface area (Å²) in [7, 11) is 0. The summed E-state index contributed by atoms with van der Waals surface area (Å²) in [6.45, 7) is 4.64. The van der Waals surface area contributed by atoms with E-state index >= 15 is 0 Å². The van der Waals surface area contributed by atoms with Crippen molar-refractivity contribution in [1.29, 1.82) is 0 Å². The molecule has 168 valence electrons. The number of ether oxygens (including phenoxy) is 1. The highest BCUT2D eigenvalue weighted by Crippen LogP contribution is 2.20. The topological polar surface area (TPSA) is 54.3 Å². The van der Waals surface area contributed by atoms with Crippen LogP contribution in [0.5, 0.6) is 0 Å². The molecule has 2 aromatic rings. The maximum atomic E-state index is 14.2. The van der Waals surface area contributed by atoms with Crippen LogP contribution < -0.4 is 0 Å². The molecule has 5 nitrogen and oxygen atoms in total. The zero-order valence-electron chi connectivity index (χ0n) is 17.6. The van der Waals surface area contributed by atoms with E-state index in [1.54, 1.807) is 12.1 Å². The Kier molecular flexibility index (Phi) is 8.06. The number of oxime groups is 1. The summed E-state index contributed by atoms with van der Waals surface area (Å²) < 4.78 is 46.1. The van der Waals surface area contributed by atoms with Gasteiger partial charge in [0.15, 0.2) is 0 Å². The van der Waals surface area contributed by atoms with Crippen molar-refractivity contribution in [3.63, 3.8) is 0 Å². The van der Waals surface area contributed by atoms with Gasteiger partial charge in [-0.05, 0) is 37.6 Å². The van der Waals surface area contributed by atoms with Crippen LogP contribution in [0.2, 0.25) is 0 Å². The molecule has 0 saturated carbocycles. The van der Waals surface area contributed by atoms with Gasteiger partial charge in [-0.15, -0.1) is 0 Å². The van der Waals surface area contributed by atoms with E-state index < -0.39 is 17.7 Å². The van der Waals surface area contributed by atoms with Crippen LogP contribution in [0.3, 0.4) is 0 Å². The van der Waals surface area contributed by atoms with Crippen molar-refractivity contribution >= 4 is 5.71 Å². The highest BCUT2D eigenvalue weighted by molar-refractivity contribution is 6.01. The largest absolute Gasteiger partial charge is 0.390 e. The van der Waals surface area contributed by atoms with Gasteiger partial charge in [0.05, 0.1) is 24.5 Å². The van der Waals surface area contributed by atoms with Gasteiger partial charge in [-0.1, -0.05) is 23.4 Å². The standard InChI is InChI=1S/C23H27F3N2O3/c1-15(2)30-14-20(29)12-28(11-17-5-8-19(25)9-22(17)26)13-21-10-23(27-31-21)16-3-6-18(24)7-4-16/h3-9,15,20-21,29H,10-14H2,1-2H3/t20-,21+/m0/s1. The van der Waals surface area contributed by atoms with Gasteiger partial charge in [0.25, 0.3) is 0 Å². The van der Waals surface area contributed by atoms with Crippen LogP contribution in [-0.4, -0.2) is 53.7 Å². The zero-order valence-corrected chi connectivity index (χ0v) is 17.6. The van der Waals surface area contributed by atoms with Gasteiger partial charge in [0.1, 0.15) is 23.6 Å². The summed E-state index contributed by atoms with van der Waals surface area (Å²) in [5, 5.41) is 14.5. The summed E-state index contributed by atoms with van der Waals surface area (Å²) in [6, 6.07) is 9.44. The fraction of sp³-hybridized carbons (Fsp3) is 0.435. The molecule has 0 saturated heterocycles. The molecule has 1 N–H and O–H groups in total. The van der Waals surface area contributed by atoms with E-state index in [0.717, 1.165) is 11.6 Å². The Balaban J connectivity index is 1.65. The van der Waals surface area contributed by atoms with Crippen molar-refractivity contribution < 1.29 is 27.9 Å². The highest BCUT2D eigenvalue weighted by Gasteiger charge is 2.26. The number of hydrogen-bond donors (Lipinski definition) is 1. The molecule has 0 bridgehead atoms. The van der Waals surface area contributed by atoms with Crippen molar-refractivity contribution in [2.45, 2.75) is 45.1 Å². The van der Waals surface area contributed by atoms with E-state index in [0.29, 0.717) is 24.2 Å². The molecule has 0 fully saturated rings. The fourth-order valence-electron chi connectivity index (χ4n) is 3.38. The summed E-state index contributed by atoms with van der Waals surface area (Å²) in [5.74, 6) is -1.62. The maximum absolute atomic E-state index is 14.2. The smallest absolute Gasteiger partial charge is 0.145 e. The number of nitrogens with zero attached hydrogens (tertiary/aromatic N) is 2. The van der Waals surface area contributed by atoms with Crippen LogP contribution in [0, 0.1) is 17.5 Å². The Labute approximate surface area is 180 Å². The summed E-state index contributed by atoms with van der Waals surface area (Å²) in [4.78, 5) is 7.37. The van der Waals surface area contributed by atoms with Crippen molar-refractivity contribution in [2.24, 2.45) is 5.16 Å². The first-order chi connectivity index (χ1) is 14.8. The molecule has 0 unspecified atom stereocenters. The van der Waals surface area contributed by atoms with Crippen molar-refractivity contribution in [3.8, 4) is 0 Å². The predicted octanol–water partition coefficient (Wildman–Crippen LogP) is 3.89. The molecule has 0 aliphatic carbocycles. The van der Waals surface area contributed by atoms with E-state index in [1.165, 1.54) is 24.3 Å². The first-order valence-corrected chi connectivity index (χ1v) is 10.2. The van der Waals surface area contributed by atoms with Crippen LogP contribution in [0.1, 0.15) is 31.4 Å². The molecule has 0 radical (unpaired) electrons. The Bertz CT molecular complexity index is 890. The Hall–Kier alpha value is -2.42. The van der Waals surface area contributed by atoms with Gasteiger partial charge in [-0.2, -0.15) is 0 Å². The Morgan fingerprint density at radius 1 is 1.13 bits per heavy atom. The number of aliphatic hydroxyl groups is 1. The third-order valence-electron chi connectivity index (χ3n) is 4.87. The average Bonchev–Trinajstić information content (AvgIpc) is 3.17. The number of aliphatic hydroxyl groups excluding tert-OH is 1. The van der Waals surface area contributed by atoms with Gasteiger partial charge in [0.2, 0.25) is 0 Å². The molecule has 1 aliphatic heterocycles. The summed E-state index contributed by atoms with van der Waals surface area (Å²) in [5.41, 5.74) is 1.78. The molecule has 2 aromatic carbocycles. The average molecular weight is 436 g/mol. The van der Waals surface area contributed by atoms with Crippen molar-refractivity contribution in [1.82, 2.24) is 4.90 Å². The van der Waals surface area contributed by atoms with Crippen molar-refractivity contribution in [2.75, 3.05) is 19.7 Å². The lowest BCUT2D eigenvalue weighted by Crippen LogP contribution is -2.39. The second-order valence-corrected chi connectivity index (χ2v) is 7.94. The monoisotopic (exact) mass is 436 g/mol. The minimum Gasteiger partial charge on any atom is -0.390 e. The summed E-state index contributed by atoms with van der Waals surface area (Å²) in [6.07, 6.45) is -0.638. The maximum Gasteiger partial charge on any atom is 0.145 e. The first-order valence-electron chi connectivity index (χ1n) is 10.2. The molecule has 0 spiro atoms. The molecule has 31 heavy (non-hydrogen) atoms. The minimum absolute atomic E-state index is 0.0255. The van der Waals surface area contributed by atoms with Gasteiger partial charge in [0, 0.05) is 37.7 Å². The van der Waals surface area contributed by atoms with E-state index in [2.05, 4.69) is 5.16 Å². The van der Waals surface area contributed by atoms with Gasteiger partial charge < -0.3 is 14.7 Å². The molecule has 0 aromatic heterocycles. The van der Waals surface area contributed by atoms with E-state index in [1.807, 2.05) is 18.7 Å². The molecule has 3 rings (SSSR count). The summed E-state index contributed by atoms with van der Waals surface area (Å²) >= 11 is 0. The first kappa shape index (κ1) is 23.2. The number of rotatable bonds is 10. The zero-order chi connectivity index (χ0) is 22.4. The predicted molar refractivity (Wildman–Crippen MR) is 111 cm³/mol. The SMILES string of the molecule is CC(C)OC[C@@H](O)CN(Cc1ccc(F)cc1F)C[C@H]1CC(c2ccc(F)cc2)=NO1. The molecule has 1 aliphatic rings. The Morgan fingerprint density at radius 3 is 2.52 bits per heavy atom. The Morgan fingerprint density at radius 2 is 1.84 bits per heavy atom. The van der Waals surface area contributed by atoms with Gasteiger partial charge in [-0.25, -0.2) is 13.2 Å².